The van der Waals surface area contributed by atoms with Gasteiger partial charge in [0, 0.05) is 44.3 Å². The molecule has 2 aromatic heterocycles. The lowest BCUT2D eigenvalue weighted by Crippen LogP contribution is -2.46. The Bertz CT molecular complexity index is 923. The van der Waals surface area contributed by atoms with Gasteiger partial charge in [0.2, 0.25) is 0 Å². The van der Waals surface area contributed by atoms with E-state index in [0.29, 0.717) is 11.4 Å². The molecule has 7 heteroatoms. The van der Waals surface area contributed by atoms with Crippen molar-refractivity contribution in [2.24, 2.45) is 0 Å². The van der Waals surface area contributed by atoms with Crippen molar-refractivity contribution in [3.8, 4) is 0 Å². The van der Waals surface area contributed by atoms with Crippen molar-refractivity contribution in [1.29, 1.82) is 0 Å². The Morgan fingerprint density at radius 3 is 2.18 bits per heavy atom. The van der Waals surface area contributed by atoms with Gasteiger partial charge in [0.05, 0.1) is 17.4 Å². The van der Waals surface area contributed by atoms with Gasteiger partial charge in [-0.2, -0.15) is 0 Å². The highest BCUT2D eigenvalue weighted by atomic mass is 19.1. The molecular weight excluding hydrogens is 357 g/mol. The normalized spacial score (nSPS) is 14.0. The summed E-state index contributed by atoms with van der Waals surface area (Å²) in [5.41, 5.74) is 2.54. The number of rotatable bonds is 4. The maximum absolute atomic E-state index is 13.1. The second kappa shape index (κ2) is 8.04. The van der Waals surface area contributed by atoms with Gasteiger partial charge in [0.1, 0.15) is 11.6 Å². The standard InChI is InChI=1S/C21H20FN5O/c22-17-3-5-18(6-4-17)26-10-12-27(13-11-26)19-7-8-20(24-15-19)25-21(28)16-2-1-9-23-14-16/h1-9,14-15H,10-13H2,(H,24,25,28). The lowest BCUT2D eigenvalue weighted by molar-refractivity contribution is 0.102. The molecule has 142 valence electrons. The molecule has 6 nitrogen and oxygen atoms in total. The quantitative estimate of drug-likeness (QED) is 0.757. The van der Waals surface area contributed by atoms with E-state index in [1.807, 2.05) is 18.2 Å². The third kappa shape index (κ3) is 4.09. The summed E-state index contributed by atoms with van der Waals surface area (Å²) < 4.78 is 13.1. The maximum atomic E-state index is 13.1. The number of amides is 1. The van der Waals surface area contributed by atoms with Crippen LogP contribution in [0.15, 0.2) is 67.1 Å². The van der Waals surface area contributed by atoms with Gasteiger partial charge in [-0.15, -0.1) is 0 Å². The zero-order valence-corrected chi connectivity index (χ0v) is 15.3. The lowest BCUT2D eigenvalue weighted by atomic mass is 10.2. The fourth-order valence-electron chi connectivity index (χ4n) is 3.21. The fraction of sp³-hybridized carbons (Fsp3) is 0.190. The van der Waals surface area contributed by atoms with Gasteiger partial charge in [-0.3, -0.25) is 9.78 Å². The van der Waals surface area contributed by atoms with Gasteiger partial charge in [0.25, 0.3) is 5.91 Å². The molecule has 0 atom stereocenters. The topological polar surface area (TPSA) is 61.4 Å². The zero-order valence-electron chi connectivity index (χ0n) is 15.3. The van der Waals surface area contributed by atoms with Gasteiger partial charge in [-0.1, -0.05) is 0 Å². The number of anilines is 3. The minimum Gasteiger partial charge on any atom is -0.368 e. The first kappa shape index (κ1) is 17.9. The Morgan fingerprint density at radius 1 is 0.893 bits per heavy atom. The Labute approximate surface area is 162 Å². The van der Waals surface area contributed by atoms with Crippen LogP contribution in [-0.2, 0) is 0 Å². The van der Waals surface area contributed by atoms with E-state index in [1.54, 1.807) is 30.6 Å². The first-order chi connectivity index (χ1) is 13.7. The highest BCUT2D eigenvalue weighted by Gasteiger charge is 2.18. The third-order valence-corrected chi connectivity index (χ3v) is 4.75. The van der Waals surface area contributed by atoms with Crippen molar-refractivity contribution in [3.63, 3.8) is 0 Å². The summed E-state index contributed by atoms with van der Waals surface area (Å²) in [6.07, 6.45) is 4.91. The molecule has 1 saturated heterocycles. The number of hydrogen-bond donors (Lipinski definition) is 1. The molecule has 28 heavy (non-hydrogen) atoms. The summed E-state index contributed by atoms with van der Waals surface area (Å²) in [4.78, 5) is 25.0. The van der Waals surface area contributed by atoms with Gasteiger partial charge < -0.3 is 15.1 Å². The molecule has 3 aromatic rings. The van der Waals surface area contributed by atoms with Crippen LogP contribution in [0.3, 0.4) is 0 Å². The number of pyridine rings is 2. The summed E-state index contributed by atoms with van der Waals surface area (Å²) in [6.45, 7) is 3.40. The minimum absolute atomic E-state index is 0.218. The van der Waals surface area contributed by atoms with Crippen LogP contribution >= 0.6 is 0 Å². The molecule has 0 unspecified atom stereocenters. The molecule has 1 amide bonds. The number of piperazine rings is 1. The van der Waals surface area contributed by atoms with Crippen LogP contribution in [0, 0.1) is 5.82 Å². The Kier molecular flexibility index (Phi) is 5.14. The van der Waals surface area contributed by atoms with Crippen LogP contribution in [0.1, 0.15) is 10.4 Å². The second-order valence-corrected chi connectivity index (χ2v) is 6.55. The van der Waals surface area contributed by atoms with Crippen molar-refractivity contribution in [2.45, 2.75) is 0 Å². The van der Waals surface area contributed by atoms with Crippen molar-refractivity contribution in [3.05, 3.63) is 78.5 Å². The van der Waals surface area contributed by atoms with E-state index in [1.165, 1.54) is 18.3 Å². The SMILES string of the molecule is O=C(Nc1ccc(N2CCN(c3ccc(F)cc3)CC2)cn1)c1cccnc1. The number of carbonyl (C=O) groups is 1. The van der Waals surface area contributed by atoms with Crippen LogP contribution in [-0.4, -0.2) is 42.1 Å². The molecule has 0 aliphatic carbocycles. The number of nitrogens with zero attached hydrogens (tertiary/aromatic N) is 4. The van der Waals surface area contributed by atoms with Crippen LogP contribution < -0.4 is 15.1 Å². The predicted octanol–water partition coefficient (Wildman–Crippen LogP) is 3.19. The number of aromatic nitrogens is 2. The van der Waals surface area contributed by atoms with Crippen LogP contribution in [0.25, 0.3) is 0 Å². The smallest absolute Gasteiger partial charge is 0.258 e. The number of carbonyl (C=O) groups excluding carboxylic acids is 1. The molecule has 0 bridgehead atoms. The highest BCUT2D eigenvalue weighted by molar-refractivity contribution is 6.03. The number of hydrogen-bond acceptors (Lipinski definition) is 5. The van der Waals surface area contributed by atoms with Gasteiger partial charge in [-0.05, 0) is 48.5 Å². The third-order valence-electron chi connectivity index (χ3n) is 4.75. The molecule has 1 aliphatic rings. The van der Waals surface area contributed by atoms with Gasteiger partial charge >= 0.3 is 0 Å². The Balaban J connectivity index is 1.34. The molecule has 1 fully saturated rings. The molecule has 0 saturated carbocycles. The monoisotopic (exact) mass is 377 g/mol. The van der Waals surface area contributed by atoms with E-state index >= 15 is 0 Å². The Morgan fingerprint density at radius 2 is 1.57 bits per heavy atom. The van der Waals surface area contributed by atoms with Crippen LogP contribution in [0.5, 0.6) is 0 Å². The highest BCUT2D eigenvalue weighted by Crippen LogP contribution is 2.21. The van der Waals surface area contributed by atoms with Crippen molar-refractivity contribution >= 4 is 23.1 Å². The molecule has 1 aromatic carbocycles. The van der Waals surface area contributed by atoms with Crippen molar-refractivity contribution in [1.82, 2.24) is 9.97 Å². The summed E-state index contributed by atoms with van der Waals surface area (Å²) in [7, 11) is 0. The molecule has 1 aliphatic heterocycles. The van der Waals surface area contributed by atoms with E-state index < -0.39 is 0 Å². The predicted molar refractivity (Wildman–Crippen MR) is 107 cm³/mol. The Hall–Kier alpha value is -3.48. The molecule has 1 N–H and O–H groups in total. The van der Waals surface area contributed by atoms with Crippen molar-refractivity contribution < 1.29 is 9.18 Å². The summed E-state index contributed by atoms with van der Waals surface area (Å²) >= 11 is 0. The van der Waals surface area contributed by atoms with Gasteiger partial charge in [-0.25, -0.2) is 9.37 Å². The molecule has 3 heterocycles. The van der Waals surface area contributed by atoms with E-state index in [-0.39, 0.29) is 11.7 Å². The maximum Gasteiger partial charge on any atom is 0.258 e. The van der Waals surface area contributed by atoms with E-state index in [9.17, 15) is 9.18 Å². The molecule has 4 rings (SSSR count). The first-order valence-electron chi connectivity index (χ1n) is 9.12. The average Bonchev–Trinajstić information content (AvgIpc) is 2.76. The molecule has 0 spiro atoms. The summed E-state index contributed by atoms with van der Waals surface area (Å²) in [6, 6.07) is 13.8. The summed E-state index contributed by atoms with van der Waals surface area (Å²) in [5.74, 6) is 0.0491. The second-order valence-electron chi connectivity index (χ2n) is 6.55. The first-order valence-corrected chi connectivity index (χ1v) is 9.12. The number of halogens is 1. The molecule has 0 radical (unpaired) electrons. The average molecular weight is 377 g/mol. The van der Waals surface area contributed by atoms with Gasteiger partial charge in [0.15, 0.2) is 0 Å². The van der Waals surface area contributed by atoms with Crippen LogP contribution in [0.2, 0.25) is 0 Å². The lowest BCUT2D eigenvalue weighted by Gasteiger charge is -2.37. The van der Waals surface area contributed by atoms with Crippen LogP contribution in [0.4, 0.5) is 21.6 Å². The van der Waals surface area contributed by atoms with Crippen molar-refractivity contribution in [2.75, 3.05) is 41.3 Å². The number of nitrogens with one attached hydrogen (secondary N) is 1. The zero-order chi connectivity index (χ0) is 19.3. The largest absolute Gasteiger partial charge is 0.368 e. The number of benzene rings is 1. The summed E-state index contributed by atoms with van der Waals surface area (Å²) in [5, 5.41) is 2.77. The minimum atomic E-state index is -0.235. The molecular formula is C21H20FN5O. The fourth-order valence-corrected chi connectivity index (χ4v) is 3.21. The van der Waals surface area contributed by atoms with E-state index in [2.05, 4.69) is 25.1 Å². The van der Waals surface area contributed by atoms with E-state index in [4.69, 9.17) is 0 Å². The van der Waals surface area contributed by atoms with E-state index in [0.717, 1.165) is 37.6 Å².